The van der Waals surface area contributed by atoms with Gasteiger partial charge in [-0.2, -0.15) is 0 Å². The number of nitrogens with one attached hydrogen (secondary N) is 1. The number of aryl methyl sites for hydroxylation is 1. The SMILES string of the molecule is Cc1cc(C(=O)NC2CC2N)ccc1Cl. The van der Waals surface area contributed by atoms with Crippen LogP contribution in [0, 0.1) is 6.92 Å². The number of benzene rings is 1. The van der Waals surface area contributed by atoms with E-state index in [4.69, 9.17) is 17.3 Å². The number of rotatable bonds is 2. The summed E-state index contributed by atoms with van der Waals surface area (Å²) in [6, 6.07) is 5.51. The Kier molecular flexibility index (Phi) is 2.67. The predicted octanol–water partition coefficient (Wildman–Crippen LogP) is 1.48. The van der Waals surface area contributed by atoms with Crippen LogP contribution in [0.25, 0.3) is 0 Å². The minimum absolute atomic E-state index is 0.0762. The number of carbonyl (C=O) groups excluding carboxylic acids is 1. The summed E-state index contributed by atoms with van der Waals surface area (Å²) in [5.41, 5.74) is 7.15. The Hall–Kier alpha value is -1.06. The number of hydrogen-bond acceptors (Lipinski definition) is 2. The molecule has 0 spiro atoms. The van der Waals surface area contributed by atoms with E-state index < -0.39 is 0 Å². The summed E-state index contributed by atoms with van der Waals surface area (Å²) in [5.74, 6) is -0.0762. The summed E-state index contributed by atoms with van der Waals surface area (Å²) in [7, 11) is 0. The Balaban J connectivity index is 2.08. The molecule has 2 rings (SSSR count). The highest BCUT2D eigenvalue weighted by Gasteiger charge is 2.34. The van der Waals surface area contributed by atoms with Crippen molar-refractivity contribution in [2.24, 2.45) is 5.73 Å². The Morgan fingerprint density at radius 2 is 2.27 bits per heavy atom. The van der Waals surface area contributed by atoms with E-state index >= 15 is 0 Å². The highest BCUT2D eigenvalue weighted by Crippen LogP contribution is 2.20. The molecule has 0 radical (unpaired) electrons. The molecule has 2 unspecified atom stereocenters. The summed E-state index contributed by atoms with van der Waals surface area (Å²) >= 11 is 5.87. The molecule has 0 aromatic heterocycles. The zero-order valence-corrected chi connectivity index (χ0v) is 9.21. The van der Waals surface area contributed by atoms with Crippen LogP contribution in [-0.4, -0.2) is 18.0 Å². The van der Waals surface area contributed by atoms with E-state index in [9.17, 15) is 4.79 Å². The number of hydrogen-bond donors (Lipinski definition) is 2. The van der Waals surface area contributed by atoms with Gasteiger partial charge >= 0.3 is 0 Å². The van der Waals surface area contributed by atoms with Crippen molar-refractivity contribution in [1.82, 2.24) is 5.32 Å². The molecule has 3 N–H and O–H groups in total. The number of nitrogens with two attached hydrogens (primary N) is 1. The molecule has 0 heterocycles. The van der Waals surface area contributed by atoms with Crippen LogP contribution >= 0.6 is 11.6 Å². The van der Waals surface area contributed by atoms with Gasteiger partial charge in [0.2, 0.25) is 0 Å². The minimum atomic E-state index is -0.0762. The molecule has 0 saturated heterocycles. The topological polar surface area (TPSA) is 55.1 Å². The monoisotopic (exact) mass is 224 g/mol. The maximum atomic E-state index is 11.7. The van der Waals surface area contributed by atoms with Crippen molar-refractivity contribution in [2.45, 2.75) is 25.4 Å². The van der Waals surface area contributed by atoms with Crippen LogP contribution in [-0.2, 0) is 0 Å². The Bertz CT molecular complexity index is 406. The van der Waals surface area contributed by atoms with Gasteiger partial charge in [-0.25, -0.2) is 0 Å². The van der Waals surface area contributed by atoms with Crippen molar-refractivity contribution in [2.75, 3.05) is 0 Å². The lowest BCUT2D eigenvalue weighted by atomic mass is 10.1. The molecule has 15 heavy (non-hydrogen) atoms. The number of halogens is 1. The average molecular weight is 225 g/mol. The van der Waals surface area contributed by atoms with E-state index in [0.29, 0.717) is 10.6 Å². The highest BCUT2D eigenvalue weighted by molar-refractivity contribution is 6.31. The molecule has 2 atom stereocenters. The summed E-state index contributed by atoms with van der Waals surface area (Å²) in [4.78, 5) is 11.7. The zero-order valence-electron chi connectivity index (χ0n) is 8.46. The van der Waals surface area contributed by atoms with E-state index in [0.717, 1.165) is 12.0 Å². The highest BCUT2D eigenvalue weighted by atomic mass is 35.5. The Morgan fingerprint density at radius 1 is 1.60 bits per heavy atom. The third-order valence-electron chi connectivity index (χ3n) is 2.58. The quantitative estimate of drug-likeness (QED) is 0.800. The lowest BCUT2D eigenvalue weighted by molar-refractivity contribution is 0.0950. The fraction of sp³-hybridized carbons (Fsp3) is 0.364. The van der Waals surface area contributed by atoms with Crippen LogP contribution in [0.5, 0.6) is 0 Å². The smallest absolute Gasteiger partial charge is 0.251 e. The third kappa shape index (κ3) is 2.30. The van der Waals surface area contributed by atoms with E-state index in [-0.39, 0.29) is 18.0 Å². The third-order valence-corrected chi connectivity index (χ3v) is 3.00. The normalized spacial score (nSPS) is 23.7. The molecule has 4 heteroatoms. The maximum absolute atomic E-state index is 11.7. The van der Waals surface area contributed by atoms with Crippen LogP contribution < -0.4 is 11.1 Å². The second kappa shape index (κ2) is 3.83. The molecule has 80 valence electrons. The van der Waals surface area contributed by atoms with Crippen LogP contribution in [0.3, 0.4) is 0 Å². The molecule has 1 fully saturated rings. The van der Waals surface area contributed by atoms with Gasteiger partial charge in [-0.1, -0.05) is 11.6 Å². The largest absolute Gasteiger partial charge is 0.348 e. The van der Waals surface area contributed by atoms with Crippen molar-refractivity contribution in [3.8, 4) is 0 Å². The summed E-state index contributed by atoms with van der Waals surface area (Å²) in [5, 5.41) is 3.54. The number of amides is 1. The van der Waals surface area contributed by atoms with Crippen LogP contribution in [0.4, 0.5) is 0 Å². The van der Waals surface area contributed by atoms with Crippen LogP contribution in [0.2, 0.25) is 5.02 Å². The maximum Gasteiger partial charge on any atom is 0.251 e. The first-order valence-electron chi connectivity index (χ1n) is 4.90. The van der Waals surface area contributed by atoms with Crippen LogP contribution in [0.15, 0.2) is 18.2 Å². The first-order valence-corrected chi connectivity index (χ1v) is 5.28. The van der Waals surface area contributed by atoms with Crippen LogP contribution in [0.1, 0.15) is 22.3 Å². The van der Waals surface area contributed by atoms with Crippen molar-refractivity contribution < 1.29 is 4.79 Å². The fourth-order valence-electron chi connectivity index (χ4n) is 1.42. The average Bonchev–Trinajstić information content (AvgIpc) is 2.86. The van der Waals surface area contributed by atoms with Crippen molar-refractivity contribution in [3.05, 3.63) is 34.3 Å². The van der Waals surface area contributed by atoms with Crippen molar-refractivity contribution in [1.29, 1.82) is 0 Å². The second-order valence-electron chi connectivity index (χ2n) is 3.94. The summed E-state index contributed by atoms with van der Waals surface area (Å²) in [6.45, 7) is 1.88. The zero-order chi connectivity index (χ0) is 11.0. The van der Waals surface area contributed by atoms with E-state index in [1.807, 2.05) is 6.92 Å². The van der Waals surface area contributed by atoms with Gasteiger partial charge in [0.15, 0.2) is 0 Å². The predicted molar refractivity (Wildman–Crippen MR) is 60.0 cm³/mol. The molecule has 1 amide bonds. The molecule has 1 aromatic rings. The first kappa shape index (κ1) is 10.5. The fourth-order valence-corrected chi connectivity index (χ4v) is 1.54. The van der Waals surface area contributed by atoms with E-state index in [1.165, 1.54) is 0 Å². The van der Waals surface area contributed by atoms with Gasteiger partial charge in [0, 0.05) is 22.7 Å². The van der Waals surface area contributed by atoms with Gasteiger partial charge in [-0.3, -0.25) is 4.79 Å². The standard InChI is InChI=1S/C11H13ClN2O/c1-6-4-7(2-3-8(6)12)11(15)14-10-5-9(10)13/h2-4,9-10H,5,13H2,1H3,(H,14,15). The molecular weight excluding hydrogens is 212 g/mol. The summed E-state index contributed by atoms with van der Waals surface area (Å²) in [6.07, 6.45) is 0.873. The lowest BCUT2D eigenvalue weighted by Gasteiger charge is -2.05. The van der Waals surface area contributed by atoms with Gasteiger partial charge in [0.1, 0.15) is 0 Å². The first-order chi connectivity index (χ1) is 7.08. The van der Waals surface area contributed by atoms with E-state index in [2.05, 4.69) is 5.32 Å². The lowest BCUT2D eigenvalue weighted by Crippen LogP contribution is -2.29. The van der Waals surface area contributed by atoms with Gasteiger partial charge in [-0.15, -0.1) is 0 Å². The molecule has 3 nitrogen and oxygen atoms in total. The van der Waals surface area contributed by atoms with Gasteiger partial charge in [0.25, 0.3) is 5.91 Å². The second-order valence-corrected chi connectivity index (χ2v) is 4.35. The molecule has 0 bridgehead atoms. The Labute approximate surface area is 93.6 Å². The van der Waals surface area contributed by atoms with Gasteiger partial charge in [0.05, 0.1) is 0 Å². The molecule has 1 aliphatic carbocycles. The molecule has 1 saturated carbocycles. The van der Waals surface area contributed by atoms with Crippen molar-refractivity contribution >= 4 is 17.5 Å². The molecule has 1 aliphatic rings. The summed E-state index contributed by atoms with van der Waals surface area (Å²) < 4.78 is 0. The Morgan fingerprint density at radius 3 is 2.80 bits per heavy atom. The van der Waals surface area contributed by atoms with Crippen molar-refractivity contribution in [3.63, 3.8) is 0 Å². The van der Waals surface area contributed by atoms with Gasteiger partial charge < -0.3 is 11.1 Å². The number of carbonyl (C=O) groups is 1. The molecule has 0 aliphatic heterocycles. The minimum Gasteiger partial charge on any atom is -0.348 e. The molecular formula is C11H13ClN2O. The van der Waals surface area contributed by atoms with E-state index in [1.54, 1.807) is 18.2 Å². The van der Waals surface area contributed by atoms with Gasteiger partial charge in [-0.05, 0) is 37.1 Å². The molecule has 1 aromatic carbocycles.